The molecule has 0 spiro atoms. The molecule has 5 rings (SSSR count). The van der Waals surface area contributed by atoms with Crippen molar-refractivity contribution in [2.45, 2.75) is 57.4 Å². The summed E-state index contributed by atoms with van der Waals surface area (Å²) in [4.78, 5) is 12.4. The standard InChI is InChI=1S/C30H35NO3Si/c1-30(2,3)35(24-15-9-5-10-16-24,25-17-11-6-12-18-25)34-23-19-26-27(20-23)28(26)31-29(32)33-21-22-13-7-4-8-14-22/h4-18,23,26-28H,19-21H2,1-3H3,(H,31,32). The summed E-state index contributed by atoms with van der Waals surface area (Å²) in [6.07, 6.45) is 1.85. The minimum absolute atomic E-state index is 0.0264. The first-order valence-corrected chi connectivity index (χ1v) is 14.6. The summed E-state index contributed by atoms with van der Waals surface area (Å²) in [6.45, 7) is 7.26. The molecule has 3 aromatic rings. The van der Waals surface area contributed by atoms with Gasteiger partial charge in [0.05, 0.1) is 0 Å². The van der Waals surface area contributed by atoms with Crippen molar-refractivity contribution < 1.29 is 14.0 Å². The van der Waals surface area contributed by atoms with Gasteiger partial charge in [-0.2, -0.15) is 0 Å². The first kappa shape index (κ1) is 23.8. The minimum Gasteiger partial charge on any atom is -0.445 e. The van der Waals surface area contributed by atoms with Gasteiger partial charge < -0.3 is 14.5 Å². The second-order valence-corrected chi connectivity index (χ2v) is 15.2. The van der Waals surface area contributed by atoms with Crippen LogP contribution >= 0.6 is 0 Å². The summed E-state index contributed by atoms with van der Waals surface area (Å²) in [5.41, 5.74) is 0.998. The molecule has 2 aliphatic rings. The van der Waals surface area contributed by atoms with Crippen LogP contribution in [-0.2, 0) is 15.8 Å². The third-order valence-corrected chi connectivity index (χ3v) is 12.8. The number of amides is 1. The number of ether oxygens (including phenoxy) is 1. The van der Waals surface area contributed by atoms with Gasteiger partial charge in [-0.05, 0) is 45.7 Å². The molecule has 0 heterocycles. The van der Waals surface area contributed by atoms with E-state index in [1.54, 1.807) is 0 Å². The Morgan fingerprint density at radius 2 is 1.31 bits per heavy atom. The molecule has 0 aliphatic heterocycles. The first-order valence-electron chi connectivity index (χ1n) is 12.6. The maximum atomic E-state index is 12.4. The number of hydrogen-bond acceptors (Lipinski definition) is 3. The molecule has 35 heavy (non-hydrogen) atoms. The van der Waals surface area contributed by atoms with Crippen molar-refractivity contribution in [3.05, 3.63) is 96.6 Å². The normalized spacial score (nSPS) is 23.4. The fourth-order valence-electron chi connectivity index (χ4n) is 5.94. The Bertz CT molecular complexity index is 1080. The first-order chi connectivity index (χ1) is 16.9. The van der Waals surface area contributed by atoms with Crippen molar-refractivity contribution in [2.75, 3.05) is 0 Å². The van der Waals surface area contributed by atoms with Gasteiger partial charge in [0, 0.05) is 12.1 Å². The highest BCUT2D eigenvalue weighted by Gasteiger charge is 2.60. The van der Waals surface area contributed by atoms with Crippen LogP contribution < -0.4 is 15.7 Å². The van der Waals surface area contributed by atoms with Crippen LogP contribution in [0.25, 0.3) is 0 Å². The molecule has 0 bridgehead atoms. The monoisotopic (exact) mass is 485 g/mol. The van der Waals surface area contributed by atoms with E-state index in [1.807, 2.05) is 30.3 Å². The summed E-state index contributed by atoms with van der Waals surface area (Å²) in [7, 11) is -2.54. The molecule has 0 aromatic heterocycles. The van der Waals surface area contributed by atoms with Crippen molar-refractivity contribution in [2.24, 2.45) is 11.8 Å². The Hall–Kier alpha value is -2.89. The zero-order chi connectivity index (χ0) is 24.5. The van der Waals surface area contributed by atoms with Crippen LogP contribution in [0.1, 0.15) is 39.2 Å². The Kier molecular flexibility index (Phi) is 6.56. The second-order valence-electron chi connectivity index (χ2n) is 10.9. The third kappa shape index (κ3) is 4.80. The number of alkyl carbamates (subject to hydrolysis) is 1. The molecule has 1 N–H and O–H groups in total. The quantitative estimate of drug-likeness (QED) is 0.464. The maximum absolute atomic E-state index is 12.4. The van der Waals surface area contributed by atoms with E-state index in [4.69, 9.17) is 9.16 Å². The number of carbonyl (C=O) groups is 1. The highest BCUT2D eigenvalue weighted by molar-refractivity contribution is 6.99. The lowest BCUT2D eigenvalue weighted by molar-refractivity contribution is 0.134. The van der Waals surface area contributed by atoms with Crippen LogP contribution in [0, 0.1) is 11.8 Å². The van der Waals surface area contributed by atoms with Crippen LogP contribution in [-0.4, -0.2) is 26.6 Å². The number of benzene rings is 3. The van der Waals surface area contributed by atoms with Crippen molar-refractivity contribution in [1.82, 2.24) is 5.32 Å². The molecule has 182 valence electrons. The molecule has 1 amide bonds. The number of fused-ring (bicyclic) bond motifs is 1. The zero-order valence-corrected chi connectivity index (χ0v) is 21.8. The van der Waals surface area contributed by atoms with E-state index in [2.05, 4.69) is 86.8 Å². The SMILES string of the molecule is CC(C)(C)[Si](OC1CC2C(C1)C2NC(=O)OCc1ccccc1)(c1ccccc1)c1ccccc1. The third-order valence-electron chi connectivity index (χ3n) is 7.66. The molecule has 5 heteroatoms. The van der Waals surface area contributed by atoms with Crippen LogP contribution in [0.5, 0.6) is 0 Å². The molecule has 0 radical (unpaired) electrons. The summed E-state index contributed by atoms with van der Waals surface area (Å²) < 4.78 is 12.7. The molecule has 4 nitrogen and oxygen atoms in total. The second kappa shape index (κ2) is 9.63. The van der Waals surface area contributed by atoms with Crippen molar-refractivity contribution in [3.8, 4) is 0 Å². The Balaban J connectivity index is 1.26. The van der Waals surface area contributed by atoms with Gasteiger partial charge in [0.1, 0.15) is 6.61 Å². The van der Waals surface area contributed by atoms with Crippen LogP contribution in [0.2, 0.25) is 5.04 Å². The lowest BCUT2D eigenvalue weighted by Gasteiger charge is -2.45. The molecule has 2 fully saturated rings. The van der Waals surface area contributed by atoms with E-state index in [0.717, 1.165) is 18.4 Å². The Morgan fingerprint density at radius 1 is 0.829 bits per heavy atom. The fraction of sp³-hybridized carbons (Fsp3) is 0.367. The summed E-state index contributed by atoms with van der Waals surface area (Å²) in [5, 5.41) is 5.71. The topological polar surface area (TPSA) is 47.6 Å². The predicted molar refractivity (Wildman–Crippen MR) is 142 cm³/mol. The smallest absolute Gasteiger partial charge is 0.407 e. The highest BCUT2D eigenvalue weighted by Crippen LogP contribution is 2.54. The number of nitrogens with one attached hydrogen (secondary N) is 1. The number of hydrogen-bond donors (Lipinski definition) is 1. The summed E-state index contributed by atoms with van der Waals surface area (Å²) in [6, 6.07) is 31.6. The van der Waals surface area contributed by atoms with Gasteiger partial charge >= 0.3 is 6.09 Å². The van der Waals surface area contributed by atoms with Crippen molar-refractivity contribution >= 4 is 24.8 Å². The van der Waals surface area contributed by atoms with E-state index in [1.165, 1.54) is 10.4 Å². The van der Waals surface area contributed by atoms with Gasteiger partial charge in [-0.15, -0.1) is 0 Å². The van der Waals surface area contributed by atoms with Gasteiger partial charge in [-0.3, -0.25) is 0 Å². The molecule has 3 aromatic carbocycles. The number of rotatable bonds is 7. The van der Waals surface area contributed by atoms with Crippen molar-refractivity contribution in [3.63, 3.8) is 0 Å². The average Bonchev–Trinajstić information content (AvgIpc) is 3.30. The molecule has 0 saturated heterocycles. The summed E-state index contributed by atoms with van der Waals surface area (Å²) >= 11 is 0. The zero-order valence-electron chi connectivity index (χ0n) is 20.8. The van der Waals surface area contributed by atoms with E-state index in [9.17, 15) is 4.79 Å². The van der Waals surface area contributed by atoms with Gasteiger partial charge in [0.15, 0.2) is 0 Å². The van der Waals surface area contributed by atoms with Gasteiger partial charge in [0.25, 0.3) is 8.32 Å². The Morgan fingerprint density at radius 3 is 1.80 bits per heavy atom. The maximum Gasteiger partial charge on any atom is 0.407 e. The molecular formula is C30H35NO3Si. The molecule has 2 unspecified atom stereocenters. The van der Waals surface area contributed by atoms with Crippen LogP contribution in [0.4, 0.5) is 4.79 Å². The van der Waals surface area contributed by atoms with E-state index >= 15 is 0 Å². The summed E-state index contributed by atoms with van der Waals surface area (Å²) in [5.74, 6) is 0.949. The van der Waals surface area contributed by atoms with Gasteiger partial charge in [0.2, 0.25) is 0 Å². The lowest BCUT2D eigenvalue weighted by Crippen LogP contribution is -2.67. The van der Waals surface area contributed by atoms with E-state index < -0.39 is 8.32 Å². The predicted octanol–water partition coefficient (Wildman–Crippen LogP) is 5.27. The van der Waals surface area contributed by atoms with E-state index in [0.29, 0.717) is 18.4 Å². The highest BCUT2D eigenvalue weighted by atomic mass is 28.4. The fourth-order valence-corrected chi connectivity index (χ4v) is 10.7. The molecule has 2 aliphatic carbocycles. The minimum atomic E-state index is -2.54. The molecular weight excluding hydrogens is 450 g/mol. The van der Waals surface area contributed by atoms with Crippen LogP contribution in [0.3, 0.4) is 0 Å². The van der Waals surface area contributed by atoms with Crippen molar-refractivity contribution in [1.29, 1.82) is 0 Å². The molecule has 2 atom stereocenters. The van der Waals surface area contributed by atoms with E-state index in [-0.39, 0.29) is 23.3 Å². The van der Waals surface area contributed by atoms with Gasteiger partial charge in [-0.25, -0.2) is 4.79 Å². The van der Waals surface area contributed by atoms with Gasteiger partial charge in [-0.1, -0.05) is 112 Å². The number of carbonyl (C=O) groups excluding carboxylic acids is 1. The largest absolute Gasteiger partial charge is 0.445 e. The Labute approximate surface area is 209 Å². The average molecular weight is 486 g/mol. The van der Waals surface area contributed by atoms with Crippen LogP contribution in [0.15, 0.2) is 91.0 Å². The lowest BCUT2D eigenvalue weighted by atomic mass is 10.2. The molecule has 2 saturated carbocycles.